The van der Waals surface area contributed by atoms with E-state index in [-0.39, 0.29) is 17.6 Å². The number of hydrogen-bond acceptors (Lipinski definition) is 5. The van der Waals surface area contributed by atoms with Gasteiger partial charge in [-0.2, -0.15) is 10.4 Å². The topological polar surface area (TPSA) is 83.1 Å². The summed E-state index contributed by atoms with van der Waals surface area (Å²) in [7, 11) is 0. The summed E-state index contributed by atoms with van der Waals surface area (Å²) in [4.78, 5) is 17.3. The second-order valence-corrected chi connectivity index (χ2v) is 8.59. The number of thioether (sulfide) groups is 1. The molecule has 1 aromatic carbocycles. The van der Waals surface area contributed by atoms with Gasteiger partial charge >= 0.3 is 0 Å². The van der Waals surface area contributed by atoms with Crippen LogP contribution in [0.5, 0.6) is 0 Å². The SMILES string of the molecule is Cc1cc(C)c2c(-c3ccccc3)nc(SCC(=O)N[C@@](C)(C#N)C(C)C)n2n1. The van der Waals surface area contributed by atoms with E-state index in [4.69, 9.17) is 4.98 Å². The number of nitrogens with zero attached hydrogens (tertiary/aromatic N) is 4. The summed E-state index contributed by atoms with van der Waals surface area (Å²) in [5.41, 5.74) is 3.86. The molecule has 2 heterocycles. The van der Waals surface area contributed by atoms with Gasteiger partial charge in [0.25, 0.3) is 0 Å². The summed E-state index contributed by atoms with van der Waals surface area (Å²) in [5.74, 6) is -0.0353. The van der Waals surface area contributed by atoms with Crippen molar-refractivity contribution in [1.29, 1.82) is 5.26 Å². The number of nitrogens with one attached hydrogen (secondary N) is 1. The Morgan fingerprint density at radius 1 is 1.31 bits per heavy atom. The molecule has 1 atom stereocenters. The Labute approximate surface area is 175 Å². The van der Waals surface area contributed by atoms with Gasteiger partial charge in [0.2, 0.25) is 5.91 Å². The number of rotatable bonds is 6. The van der Waals surface area contributed by atoms with Crippen LogP contribution in [0.4, 0.5) is 0 Å². The zero-order valence-electron chi connectivity index (χ0n) is 17.4. The number of carbonyl (C=O) groups excluding carboxylic acids is 1. The Hall–Kier alpha value is -2.85. The summed E-state index contributed by atoms with van der Waals surface area (Å²) in [6.07, 6.45) is 0. The van der Waals surface area contributed by atoms with Gasteiger partial charge < -0.3 is 5.32 Å². The first-order valence-electron chi connectivity index (χ1n) is 9.52. The number of benzene rings is 1. The average Bonchev–Trinajstić information content (AvgIpc) is 3.05. The van der Waals surface area contributed by atoms with E-state index in [2.05, 4.69) is 16.5 Å². The van der Waals surface area contributed by atoms with E-state index in [1.165, 1.54) is 11.8 Å². The standard InChI is InChI=1S/C22H25N5OS/c1-14(2)22(5,13-23)25-18(28)12-29-21-24-19(17-9-7-6-8-10-17)20-15(3)11-16(4)26-27(20)21/h6-11,14H,12H2,1-5H3,(H,25,28)/t22-/m0/s1. The molecule has 0 spiro atoms. The fourth-order valence-electron chi connectivity index (χ4n) is 3.05. The Morgan fingerprint density at radius 3 is 2.62 bits per heavy atom. The molecule has 3 rings (SSSR count). The number of carbonyl (C=O) groups is 1. The fourth-order valence-corrected chi connectivity index (χ4v) is 3.80. The lowest BCUT2D eigenvalue weighted by Gasteiger charge is -2.27. The number of imidazole rings is 1. The first kappa shape index (κ1) is 20.9. The highest BCUT2D eigenvalue weighted by Gasteiger charge is 2.30. The minimum Gasteiger partial charge on any atom is -0.337 e. The molecular weight excluding hydrogens is 382 g/mol. The van der Waals surface area contributed by atoms with Crippen LogP contribution in [0.15, 0.2) is 41.6 Å². The highest BCUT2D eigenvalue weighted by molar-refractivity contribution is 7.99. The van der Waals surface area contributed by atoms with Crippen molar-refractivity contribution in [3.05, 3.63) is 47.7 Å². The summed E-state index contributed by atoms with van der Waals surface area (Å²) in [5, 5.41) is 17.6. The van der Waals surface area contributed by atoms with Crippen LogP contribution in [0.25, 0.3) is 16.8 Å². The minimum absolute atomic E-state index is 0.00496. The van der Waals surface area contributed by atoms with Crippen LogP contribution in [0.1, 0.15) is 32.0 Å². The molecule has 3 aromatic rings. The molecule has 0 radical (unpaired) electrons. The van der Waals surface area contributed by atoms with Gasteiger partial charge in [0.1, 0.15) is 5.54 Å². The molecular formula is C22H25N5OS. The molecule has 2 aromatic heterocycles. The average molecular weight is 408 g/mol. The summed E-state index contributed by atoms with van der Waals surface area (Å²) in [6, 6.07) is 14.2. The molecule has 0 aliphatic heterocycles. The largest absolute Gasteiger partial charge is 0.337 e. The zero-order valence-corrected chi connectivity index (χ0v) is 18.2. The van der Waals surface area contributed by atoms with E-state index in [1.54, 1.807) is 6.92 Å². The quantitative estimate of drug-likeness (QED) is 0.620. The second kappa shape index (κ2) is 8.26. The van der Waals surface area contributed by atoms with Crippen LogP contribution < -0.4 is 5.32 Å². The van der Waals surface area contributed by atoms with Gasteiger partial charge in [-0.05, 0) is 38.3 Å². The molecule has 0 bridgehead atoms. The van der Waals surface area contributed by atoms with Gasteiger partial charge in [-0.15, -0.1) is 0 Å². The van der Waals surface area contributed by atoms with Crippen LogP contribution >= 0.6 is 11.8 Å². The predicted molar refractivity (Wildman–Crippen MR) is 116 cm³/mol. The normalized spacial score (nSPS) is 13.3. The van der Waals surface area contributed by atoms with Crippen molar-refractivity contribution in [3.8, 4) is 17.3 Å². The molecule has 1 N–H and O–H groups in total. The van der Waals surface area contributed by atoms with Crippen LogP contribution in [0.3, 0.4) is 0 Å². The Balaban J connectivity index is 1.92. The van der Waals surface area contributed by atoms with Crippen molar-refractivity contribution < 1.29 is 4.79 Å². The fraction of sp³-hybridized carbons (Fsp3) is 0.364. The summed E-state index contributed by atoms with van der Waals surface area (Å²) < 4.78 is 1.82. The lowest BCUT2D eigenvalue weighted by atomic mass is 9.90. The Morgan fingerprint density at radius 2 is 2.00 bits per heavy atom. The molecule has 150 valence electrons. The van der Waals surface area contributed by atoms with E-state index < -0.39 is 5.54 Å². The van der Waals surface area contributed by atoms with Crippen LogP contribution in [0.2, 0.25) is 0 Å². The second-order valence-electron chi connectivity index (χ2n) is 7.64. The van der Waals surface area contributed by atoms with Crippen molar-refractivity contribution in [3.63, 3.8) is 0 Å². The van der Waals surface area contributed by atoms with Gasteiger partial charge in [0.15, 0.2) is 5.16 Å². The van der Waals surface area contributed by atoms with Crippen molar-refractivity contribution in [2.75, 3.05) is 5.75 Å². The molecule has 0 saturated carbocycles. The third-order valence-electron chi connectivity index (χ3n) is 5.05. The van der Waals surface area contributed by atoms with Gasteiger partial charge in [-0.3, -0.25) is 4.79 Å². The van der Waals surface area contributed by atoms with Gasteiger partial charge in [-0.25, -0.2) is 9.50 Å². The third kappa shape index (κ3) is 4.28. The maximum atomic E-state index is 12.5. The van der Waals surface area contributed by atoms with Crippen molar-refractivity contribution in [1.82, 2.24) is 19.9 Å². The molecule has 0 fully saturated rings. The van der Waals surface area contributed by atoms with Crippen molar-refractivity contribution in [2.24, 2.45) is 5.92 Å². The van der Waals surface area contributed by atoms with Gasteiger partial charge in [0, 0.05) is 5.56 Å². The zero-order chi connectivity index (χ0) is 21.2. The molecule has 0 saturated heterocycles. The van der Waals surface area contributed by atoms with Crippen molar-refractivity contribution in [2.45, 2.75) is 45.3 Å². The molecule has 0 unspecified atom stereocenters. The third-order valence-corrected chi connectivity index (χ3v) is 5.98. The Kier molecular flexibility index (Phi) is 5.94. The maximum absolute atomic E-state index is 12.5. The molecule has 0 aliphatic rings. The van der Waals surface area contributed by atoms with Gasteiger partial charge in [-0.1, -0.05) is 55.9 Å². The number of aryl methyl sites for hydroxylation is 2. The van der Waals surface area contributed by atoms with E-state index in [9.17, 15) is 10.1 Å². The smallest absolute Gasteiger partial charge is 0.231 e. The van der Waals surface area contributed by atoms with Crippen LogP contribution in [-0.2, 0) is 4.79 Å². The van der Waals surface area contributed by atoms with E-state index in [0.717, 1.165) is 28.0 Å². The van der Waals surface area contributed by atoms with E-state index >= 15 is 0 Å². The molecule has 0 aliphatic carbocycles. The first-order chi connectivity index (χ1) is 13.7. The predicted octanol–water partition coefficient (Wildman–Crippen LogP) is 4.16. The number of fused-ring (bicyclic) bond motifs is 1. The van der Waals surface area contributed by atoms with E-state index in [1.807, 2.05) is 68.6 Å². The summed E-state index contributed by atoms with van der Waals surface area (Å²) in [6.45, 7) is 9.56. The number of amides is 1. The highest BCUT2D eigenvalue weighted by Crippen LogP contribution is 2.30. The summed E-state index contributed by atoms with van der Waals surface area (Å²) >= 11 is 1.32. The minimum atomic E-state index is -0.896. The Bertz CT molecular complexity index is 1080. The van der Waals surface area contributed by atoms with Crippen molar-refractivity contribution >= 4 is 23.2 Å². The molecule has 6 nitrogen and oxygen atoms in total. The maximum Gasteiger partial charge on any atom is 0.231 e. The number of hydrogen-bond donors (Lipinski definition) is 1. The molecule has 29 heavy (non-hydrogen) atoms. The highest BCUT2D eigenvalue weighted by atomic mass is 32.2. The van der Waals surface area contributed by atoms with Crippen LogP contribution in [-0.4, -0.2) is 31.8 Å². The van der Waals surface area contributed by atoms with E-state index in [0.29, 0.717) is 5.16 Å². The van der Waals surface area contributed by atoms with Gasteiger partial charge in [0.05, 0.1) is 28.7 Å². The first-order valence-corrected chi connectivity index (χ1v) is 10.5. The van der Waals surface area contributed by atoms with Crippen LogP contribution in [0, 0.1) is 31.1 Å². The lowest BCUT2D eigenvalue weighted by molar-refractivity contribution is -0.120. The lowest BCUT2D eigenvalue weighted by Crippen LogP contribution is -2.49. The number of aromatic nitrogens is 3. The molecule has 7 heteroatoms. The molecule has 1 amide bonds. The number of nitriles is 1. The monoisotopic (exact) mass is 407 g/mol.